The quantitative estimate of drug-likeness (QED) is 0.760. The number of allylic oxidation sites excluding steroid dienone is 2. The molecule has 7 unspecified atom stereocenters. The summed E-state index contributed by atoms with van der Waals surface area (Å²) >= 11 is 0. The molecule has 24 heavy (non-hydrogen) atoms. The molecule has 2 aliphatic heterocycles. The predicted octanol–water partition coefficient (Wildman–Crippen LogP) is 2.04. The molecule has 0 radical (unpaired) electrons. The summed E-state index contributed by atoms with van der Waals surface area (Å²) in [5, 5.41) is 17.0. The maximum Gasteiger partial charge on any atom is 0.0964 e. The number of likely N-dealkylation sites (N-methyl/N-ethyl adjacent to an activating group) is 1. The van der Waals surface area contributed by atoms with E-state index in [-0.39, 0.29) is 11.6 Å². The van der Waals surface area contributed by atoms with Gasteiger partial charge in [0.2, 0.25) is 0 Å². The molecule has 4 heteroatoms. The molecule has 2 aliphatic carbocycles. The third kappa shape index (κ3) is 2.11. The number of hydrogen-bond acceptors (Lipinski definition) is 4. The fourth-order valence-corrected chi connectivity index (χ4v) is 5.91. The lowest BCUT2D eigenvalue weighted by Gasteiger charge is -2.43. The van der Waals surface area contributed by atoms with E-state index in [2.05, 4.69) is 60.0 Å². The van der Waals surface area contributed by atoms with Crippen molar-refractivity contribution in [3.8, 4) is 6.07 Å². The van der Waals surface area contributed by atoms with E-state index >= 15 is 0 Å². The van der Waals surface area contributed by atoms with Crippen LogP contribution in [0.2, 0.25) is 0 Å². The van der Waals surface area contributed by atoms with Gasteiger partial charge in [-0.05, 0) is 44.1 Å². The van der Waals surface area contributed by atoms with Crippen LogP contribution in [0.1, 0.15) is 19.3 Å². The molecule has 0 aromatic heterocycles. The minimum absolute atomic E-state index is 0.0241. The third-order valence-corrected chi connectivity index (χ3v) is 6.97. The third-order valence-electron chi connectivity index (χ3n) is 6.97. The van der Waals surface area contributed by atoms with Gasteiger partial charge in [0, 0.05) is 36.3 Å². The largest absolute Gasteiger partial charge is 0.389 e. The van der Waals surface area contributed by atoms with E-state index in [0.717, 1.165) is 31.6 Å². The lowest BCUT2D eigenvalue weighted by Crippen LogP contribution is -2.62. The second kappa shape index (κ2) is 5.75. The number of nitrogens with zero attached hydrogens (tertiary/aromatic N) is 2. The van der Waals surface area contributed by atoms with Gasteiger partial charge >= 0.3 is 0 Å². The highest BCUT2D eigenvalue weighted by atomic mass is 15.3. The van der Waals surface area contributed by atoms with Crippen LogP contribution in [-0.2, 0) is 0 Å². The molecule has 4 rings (SSSR count). The first-order valence-electron chi connectivity index (χ1n) is 9.21. The molecule has 7 atom stereocenters. The summed E-state index contributed by atoms with van der Waals surface area (Å²) in [4.78, 5) is 2.42. The van der Waals surface area contributed by atoms with Crippen molar-refractivity contribution in [1.82, 2.24) is 15.5 Å². The monoisotopic (exact) mass is 324 g/mol. The van der Waals surface area contributed by atoms with Crippen LogP contribution in [-0.4, -0.2) is 42.7 Å². The Kier molecular flexibility index (Phi) is 3.82. The molecule has 2 heterocycles. The summed E-state index contributed by atoms with van der Waals surface area (Å²) in [7, 11) is 2.19. The lowest BCUT2D eigenvalue weighted by molar-refractivity contribution is 0.179. The Balaban J connectivity index is 1.60. The summed E-state index contributed by atoms with van der Waals surface area (Å²) in [6, 6.07) is 2.71. The molecule has 1 saturated carbocycles. The molecular formula is C20H28N4. The van der Waals surface area contributed by atoms with Crippen molar-refractivity contribution < 1.29 is 0 Å². The molecule has 0 aromatic carbocycles. The molecule has 4 aliphatic rings. The SMILES string of the molecule is C=CC1N(C)CC2C3C=CC(C3)C21NC(C#N)CC1CCNC1=C. The number of fused-ring (bicyclic) bond motifs is 5. The summed E-state index contributed by atoms with van der Waals surface area (Å²) in [6.07, 6.45) is 10.0. The van der Waals surface area contributed by atoms with E-state index in [1.165, 1.54) is 6.42 Å². The normalized spacial score (nSPS) is 44.3. The van der Waals surface area contributed by atoms with Crippen LogP contribution >= 0.6 is 0 Å². The van der Waals surface area contributed by atoms with E-state index in [1.54, 1.807) is 0 Å². The summed E-state index contributed by atoms with van der Waals surface area (Å²) in [5.74, 6) is 2.16. The molecule has 0 spiro atoms. The van der Waals surface area contributed by atoms with Crippen molar-refractivity contribution in [1.29, 1.82) is 5.26 Å². The van der Waals surface area contributed by atoms with Gasteiger partial charge in [-0.15, -0.1) is 6.58 Å². The van der Waals surface area contributed by atoms with Crippen molar-refractivity contribution in [2.45, 2.75) is 36.9 Å². The standard InChI is InChI=1S/C20H28N4/c1-4-19-20(16-6-5-15(9-16)18(20)12-24(19)3)23-17(11-21)10-14-7-8-22-13(14)2/h4-6,14-19,22-23H,1-2,7-10,12H2,3H3. The van der Waals surface area contributed by atoms with Crippen molar-refractivity contribution >= 4 is 0 Å². The highest BCUT2D eigenvalue weighted by Crippen LogP contribution is 2.56. The van der Waals surface area contributed by atoms with Crippen molar-refractivity contribution in [2.75, 3.05) is 20.1 Å². The number of rotatable bonds is 5. The van der Waals surface area contributed by atoms with Gasteiger partial charge in [-0.25, -0.2) is 0 Å². The van der Waals surface area contributed by atoms with Crippen molar-refractivity contribution in [3.63, 3.8) is 0 Å². The van der Waals surface area contributed by atoms with Crippen LogP contribution in [0.25, 0.3) is 0 Å². The van der Waals surface area contributed by atoms with E-state index in [4.69, 9.17) is 0 Å². The lowest BCUT2D eigenvalue weighted by atomic mass is 9.73. The van der Waals surface area contributed by atoms with Crippen LogP contribution < -0.4 is 10.6 Å². The van der Waals surface area contributed by atoms with Gasteiger partial charge in [0.15, 0.2) is 0 Å². The number of hydrogen-bond donors (Lipinski definition) is 2. The number of nitrogens with one attached hydrogen (secondary N) is 2. The van der Waals surface area contributed by atoms with Crippen molar-refractivity contribution in [2.24, 2.45) is 23.7 Å². The zero-order valence-electron chi connectivity index (χ0n) is 14.5. The molecule has 128 valence electrons. The zero-order chi connectivity index (χ0) is 16.9. The fourth-order valence-electron chi connectivity index (χ4n) is 5.91. The highest BCUT2D eigenvalue weighted by molar-refractivity contribution is 5.32. The van der Waals surface area contributed by atoms with Crippen LogP contribution in [0.4, 0.5) is 0 Å². The zero-order valence-corrected chi connectivity index (χ0v) is 14.5. The van der Waals surface area contributed by atoms with Gasteiger partial charge in [-0.1, -0.05) is 24.8 Å². The van der Waals surface area contributed by atoms with Crippen LogP contribution in [0, 0.1) is 35.0 Å². The smallest absolute Gasteiger partial charge is 0.0964 e. The molecular weight excluding hydrogens is 296 g/mol. The van der Waals surface area contributed by atoms with Crippen molar-refractivity contribution in [3.05, 3.63) is 37.1 Å². The van der Waals surface area contributed by atoms with Gasteiger partial charge in [0.25, 0.3) is 0 Å². The average molecular weight is 324 g/mol. The van der Waals surface area contributed by atoms with Gasteiger partial charge in [-0.2, -0.15) is 5.26 Å². The molecule has 4 nitrogen and oxygen atoms in total. The van der Waals surface area contributed by atoms with E-state index in [1.807, 2.05) is 0 Å². The first-order chi connectivity index (χ1) is 11.6. The Morgan fingerprint density at radius 3 is 3.08 bits per heavy atom. The highest BCUT2D eigenvalue weighted by Gasteiger charge is 2.64. The van der Waals surface area contributed by atoms with Crippen LogP contribution in [0.5, 0.6) is 0 Å². The molecule has 2 N–H and O–H groups in total. The topological polar surface area (TPSA) is 51.1 Å². The number of likely N-dealkylation sites (tertiary alicyclic amines) is 1. The predicted molar refractivity (Wildman–Crippen MR) is 96.0 cm³/mol. The average Bonchev–Trinajstić information content (AvgIpc) is 3.30. The maximum atomic E-state index is 9.82. The van der Waals surface area contributed by atoms with Gasteiger partial charge in [0.1, 0.15) is 0 Å². The first kappa shape index (κ1) is 15.9. The van der Waals surface area contributed by atoms with Crippen LogP contribution in [0.3, 0.4) is 0 Å². The Labute approximate surface area is 145 Å². The minimum atomic E-state index is -0.129. The summed E-state index contributed by atoms with van der Waals surface area (Å²) in [5.41, 5.74) is 1.08. The maximum absolute atomic E-state index is 9.82. The number of nitriles is 1. The summed E-state index contributed by atoms with van der Waals surface area (Å²) in [6.45, 7) is 10.3. The van der Waals surface area contributed by atoms with Gasteiger partial charge in [0.05, 0.1) is 12.1 Å². The molecule has 0 amide bonds. The molecule has 0 aromatic rings. The van der Waals surface area contributed by atoms with Crippen LogP contribution in [0.15, 0.2) is 37.1 Å². The molecule has 2 bridgehead atoms. The Morgan fingerprint density at radius 2 is 2.42 bits per heavy atom. The van der Waals surface area contributed by atoms with E-state index in [9.17, 15) is 5.26 Å². The van der Waals surface area contributed by atoms with E-state index in [0.29, 0.717) is 29.7 Å². The second-order valence-electron chi connectivity index (χ2n) is 8.05. The Bertz CT molecular complexity index is 618. The Morgan fingerprint density at radius 1 is 1.58 bits per heavy atom. The summed E-state index contributed by atoms with van der Waals surface area (Å²) < 4.78 is 0. The van der Waals surface area contributed by atoms with E-state index < -0.39 is 0 Å². The van der Waals surface area contributed by atoms with Gasteiger partial charge < -0.3 is 5.32 Å². The Hall–Kier alpha value is -1.57. The minimum Gasteiger partial charge on any atom is -0.389 e. The molecule has 3 fully saturated rings. The van der Waals surface area contributed by atoms with Gasteiger partial charge in [-0.3, -0.25) is 10.2 Å². The molecule has 2 saturated heterocycles. The first-order valence-corrected chi connectivity index (χ1v) is 9.21. The fraction of sp³-hybridized carbons (Fsp3) is 0.650. The second-order valence-corrected chi connectivity index (χ2v) is 8.05.